The lowest BCUT2D eigenvalue weighted by Crippen LogP contribution is -2.35. The third-order valence-corrected chi connectivity index (χ3v) is 6.63. The van der Waals surface area contributed by atoms with Crippen LogP contribution in [0.5, 0.6) is 0 Å². The van der Waals surface area contributed by atoms with Crippen LogP contribution in [0, 0.1) is 12.7 Å². The Bertz CT molecular complexity index is 924. The van der Waals surface area contributed by atoms with E-state index in [0.29, 0.717) is 29.6 Å². The van der Waals surface area contributed by atoms with E-state index in [2.05, 4.69) is 10.6 Å². The molecule has 2 N–H and O–H groups in total. The van der Waals surface area contributed by atoms with E-state index in [-0.39, 0.29) is 10.7 Å². The fourth-order valence-corrected chi connectivity index (χ4v) is 4.72. The topological polar surface area (TPSA) is 61.4 Å². The van der Waals surface area contributed by atoms with Gasteiger partial charge in [-0.25, -0.2) is 12.8 Å². The van der Waals surface area contributed by atoms with Gasteiger partial charge in [0, 0.05) is 24.5 Å². The Morgan fingerprint density at radius 1 is 1.04 bits per heavy atom. The SMILES string of the molecule is Cc1ccc(F)cc1NC(=S)Nc1ccc(S(=O)(=O)N2CCCCC2)cc1. The van der Waals surface area contributed by atoms with Crippen molar-refractivity contribution in [1.82, 2.24) is 4.31 Å². The highest BCUT2D eigenvalue weighted by Gasteiger charge is 2.25. The number of hydrogen-bond acceptors (Lipinski definition) is 3. The standard InChI is InChI=1S/C19H22FN3O2S2/c1-14-5-6-15(20)13-18(14)22-19(26)21-16-7-9-17(10-8-16)27(24,25)23-11-3-2-4-12-23/h5-10,13H,2-4,11-12H2,1H3,(H2,21,22,26). The van der Waals surface area contributed by atoms with Gasteiger partial charge in [0.2, 0.25) is 10.0 Å². The highest BCUT2D eigenvalue weighted by atomic mass is 32.2. The predicted molar refractivity (Wildman–Crippen MR) is 110 cm³/mol. The summed E-state index contributed by atoms with van der Waals surface area (Å²) in [7, 11) is -3.45. The minimum absolute atomic E-state index is 0.273. The molecule has 0 unspecified atom stereocenters. The number of aryl methyl sites for hydroxylation is 1. The summed E-state index contributed by atoms with van der Waals surface area (Å²) < 4.78 is 40.2. The lowest BCUT2D eigenvalue weighted by molar-refractivity contribution is 0.346. The van der Waals surface area contributed by atoms with Crippen molar-refractivity contribution in [3.8, 4) is 0 Å². The van der Waals surface area contributed by atoms with Crippen LogP contribution in [0.3, 0.4) is 0 Å². The smallest absolute Gasteiger partial charge is 0.243 e. The van der Waals surface area contributed by atoms with Gasteiger partial charge >= 0.3 is 0 Å². The molecule has 0 radical (unpaired) electrons. The molecule has 0 spiro atoms. The zero-order valence-electron chi connectivity index (χ0n) is 15.0. The maximum atomic E-state index is 13.4. The predicted octanol–water partition coefficient (Wildman–Crippen LogP) is 4.12. The molecule has 27 heavy (non-hydrogen) atoms. The van der Waals surface area contributed by atoms with Gasteiger partial charge in [0.05, 0.1) is 4.90 Å². The van der Waals surface area contributed by atoms with Crippen LogP contribution in [0.4, 0.5) is 15.8 Å². The van der Waals surface area contributed by atoms with Crippen LogP contribution < -0.4 is 10.6 Å². The van der Waals surface area contributed by atoms with E-state index in [0.717, 1.165) is 24.8 Å². The Morgan fingerprint density at radius 3 is 2.37 bits per heavy atom. The van der Waals surface area contributed by atoms with Crippen molar-refractivity contribution in [2.45, 2.75) is 31.1 Å². The Balaban J connectivity index is 1.66. The number of anilines is 2. The first kappa shape index (κ1) is 19.7. The first-order chi connectivity index (χ1) is 12.9. The summed E-state index contributed by atoms with van der Waals surface area (Å²) in [5.74, 6) is -0.349. The molecule has 3 rings (SSSR count). The van der Waals surface area contributed by atoms with Gasteiger partial charge in [0.1, 0.15) is 5.82 Å². The quantitative estimate of drug-likeness (QED) is 0.747. The average Bonchev–Trinajstić information content (AvgIpc) is 2.66. The number of sulfonamides is 1. The Morgan fingerprint density at radius 2 is 1.70 bits per heavy atom. The molecule has 0 aromatic heterocycles. The lowest BCUT2D eigenvalue weighted by atomic mass is 10.2. The first-order valence-corrected chi connectivity index (χ1v) is 10.7. The molecule has 5 nitrogen and oxygen atoms in total. The normalized spacial score (nSPS) is 15.3. The van der Waals surface area contributed by atoms with Gasteiger partial charge in [0.15, 0.2) is 5.11 Å². The van der Waals surface area contributed by atoms with Crippen molar-refractivity contribution in [3.05, 3.63) is 53.8 Å². The minimum atomic E-state index is -3.45. The van der Waals surface area contributed by atoms with Crippen LogP contribution in [-0.2, 0) is 10.0 Å². The molecule has 1 heterocycles. The molecule has 144 valence electrons. The van der Waals surface area contributed by atoms with Gasteiger partial charge < -0.3 is 10.6 Å². The number of halogens is 1. The van der Waals surface area contributed by atoms with Crippen LogP contribution in [-0.4, -0.2) is 30.9 Å². The molecular weight excluding hydrogens is 385 g/mol. The fourth-order valence-electron chi connectivity index (χ4n) is 2.98. The number of thiocarbonyl (C=S) groups is 1. The van der Waals surface area contributed by atoms with Crippen molar-refractivity contribution < 1.29 is 12.8 Å². The summed E-state index contributed by atoms with van der Waals surface area (Å²) in [4.78, 5) is 0.273. The van der Waals surface area contributed by atoms with Crippen molar-refractivity contribution in [2.24, 2.45) is 0 Å². The van der Waals surface area contributed by atoms with Crippen LogP contribution in [0.15, 0.2) is 47.4 Å². The van der Waals surface area contributed by atoms with Crippen LogP contribution in [0.25, 0.3) is 0 Å². The van der Waals surface area contributed by atoms with E-state index in [1.54, 1.807) is 30.3 Å². The molecule has 2 aromatic rings. The third kappa shape index (κ3) is 4.82. The second kappa shape index (κ2) is 8.33. The van der Waals surface area contributed by atoms with Gasteiger partial charge in [-0.05, 0) is 73.9 Å². The van der Waals surface area contributed by atoms with Crippen molar-refractivity contribution in [2.75, 3.05) is 23.7 Å². The number of nitrogens with zero attached hydrogens (tertiary/aromatic N) is 1. The Kier molecular flexibility index (Phi) is 6.08. The molecular formula is C19H22FN3O2S2. The highest BCUT2D eigenvalue weighted by molar-refractivity contribution is 7.89. The minimum Gasteiger partial charge on any atom is -0.332 e. The molecule has 2 aromatic carbocycles. The average molecular weight is 408 g/mol. The van der Waals surface area contributed by atoms with E-state index in [4.69, 9.17) is 12.2 Å². The second-order valence-corrected chi connectivity index (χ2v) is 8.87. The van der Waals surface area contributed by atoms with Gasteiger partial charge in [-0.1, -0.05) is 12.5 Å². The van der Waals surface area contributed by atoms with Crippen molar-refractivity contribution in [3.63, 3.8) is 0 Å². The summed E-state index contributed by atoms with van der Waals surface area (Å²) in [6.07, 6.45) is 2.88. The Labute approximate surface area is 164 Å². The number of rotatable bonds is 4. The largest absolute Gasteiger partial charge is 0.332 e. The molecule has 0 amide bonds. The van der Waals surface area contributed by atoms with E-state index >= 15 is 0 Å². The van der Waals surface area contributed by atoms with E-state index in [1.165, 1.54) is 16.4 Å². The van der Waals surface area contributed by atoms with E-state index < -0.39 is 10.0 Å². The van der Waals surface area contributed by atoms with Crippen LogP contribution in [0.1, 0.15) is 24.8 Å². The molecule has 1 aliphatic rings. The van der Waals surface area contributed by atoms with Crippen LogP contribution >= 0.6 is 12.2 Å². The zero-order valence-corrected chi connectivity index (χ0v) is 16.7. The summed E-state index contributed by atoms with van der Waals surface area (Å²) in [5.41, 5.74) is 2.10. The van der Waals surface area contributed by atoms with Gasteiger partial charge in [-0.3, -0.25) is 0 Å². The zero-order chi connectivity index (χ0) is 19.4. The lowest BCUT2D eigenvalue weighted by Gasteiger charge is -2.25. The molecule has 1 fully saturated rings. The number of benzene rings is 2. The van der Waals surface area contributed by atoms with Gasteiger partial charge in [-0.15, -0.1) is 0 Å². The second-order valence-electron chi connectivity index (χ2n) is 6.53. The van der Waals surface area contributed by atoms with Gasteiger partial charge in [-0.2, -0.15) is 4.31 Å². The van der Waals surface area contributed by atoms with Crippen molar-refractivity contribution in [1.29, 1.82) is 0 Å². The molecule has 8 heteroatoms. The molecule has 1 aliphatic heterocycles. The third-order valence-electron chi connectivity index (χ3n) is 4.51. The fraction of sp³-hybridized carbons (Fsp3) is 0.316. The maximum Gasteiger partial charge on any atom is 0.243 e. The van der Waals surface area contributed by atoms with Gasteiger partial charge in [0.25, 0.3) is 0 Å². The molecule has 0 aliphatic carbocycles. The van der Waals surface area contributed by atoms with E-state index in [1.807, 2.05) is 6.92 Å². The number of piperidine rings is 1. The molecule has 0 bridgehead atoms. The first-order valence-electron chi connectivity index (χ1n) is 8.80. The summed E-state index contributed by atoms with van der Waals surface area (Å²) in [5, 5.41) is 6.24. The van der Waals surface area contributed by atoms with Crippen molar-refractivity contribution >= 4 is 38.7 Å². The number of nitrogens with one attached hydrogen (secondary N) is 2. The molecule has 0 saturated carbocycles. The maximum absolute atomic E-state index is 13.4. The summed E-state index contributed by atoms with van der Waals surface area (Å²) >= 11 is 5.26. The Hall–Kier alpha value is -2.03. The van der Waals surface area contributed by atoms with Crippen LogP contribution in [0.2, 0.25) is 0 Å². The molecule has 0 atom stereocenters. The summed E-state index contributed by atoms with van der Waals surface area (Å²) in [6, 6.07) is 10.9. The van der Waals surface area contributed by atoms with E-state index in [9.17, 15) is 12.8 Å². The molecule has 1 saturated heterocycles. The summed E-state index contributed by atoms with van der Waals surface area (Å²) in [6.45, 7) is 3.00. The number of hydrogen-bond donors (Lipinski definition) is 2. The highest BCUT2D eigenvalue weighted by Crippen LogP contribution is 2.22. The monoisotopic (exact) mass is 407 g/mol.